The number of hydrogen-bond donors (Lipinski definition) is 1. The van der Waals surface area contributed by atoms with Crippen molar-refractivity contribution in [1.82, 2.24) is 9.21 Å². The molecule has 1 fully saturated rings. The summed E-state index contributed by atoms with van der Waals surface area (Å²) in [7, 11) is -4.05. The van der Waals surface area contributed by atoms with Gasteiger partial charge in [0.1, 0.15) is 11.6 Å². The van der Waals surface area contributed by atoms with Gasteiger partial charge in [0.05, 0.1) is 23.6 Å². The molecule has 0 radical (unpaired) electrons. The number of aliphatic hydroxyl groups is 1. The third-order valence-corrected chi connectivity index (χ3v) is 7.11. The molecule has 1 heterocycles. The van der Waals surface area contributed by atoms with E-state index in [0.29, 0.717) is 18.1 Å². The maximum absolute atomic E-state index is 13.8. The number of piperazine rings is 1. The van der Waals surface area contributed by atoms with E-state index in [2.05, 4.69) is 0 Å². The van der Waals surface area contributed by atoms with Crippen molar-refractivity contribution in [1.29, 1.82) is 0 Å². The normalized spacial score (nSPS) is 21.8. The molecule has 0 aliphatic carbocycles. The number of halogens is 3. The summed E-state index contributed by atoms with van der Waals surface area (Å²) in [5, 5.41) is 10.3. The van der Waals surface area contributed by atoms with Gasteiger partial charge in [0.2, 0.25) is 10.0 Å². The molecule has 0 saturated carbocycles. The molecule has 1 aliphatic rings. The van der Waals surface area contributed by atoms with E-state index in [4.69, 9.17) is 11.6 Å². The number of aliphatic hydroxyl groups excluding tert-OH is 1. The first-order valence-corrected chi connectivity index (χ1v) is 10.7. The Labute approximate surface area is 168 Å². The molecule has 152 valence electrons. The average Bonchev–Trinajstić information content (AvgIpc) is 2.66. The summed E-state index contributed by atoms with van der Waals surface area (Å²) in [4.78, 5) is 1.95. The van der Waals surface area contributed by atoms with Gasteiger partial charge in [-0.15, -0.1) is 0 Å². The van der Waals surface area contributed by atoms with Crippen molar-refractivity contribution >= 4 is 21.6 Å². The molecule has 2 aromatic carbocycles. The summed E-state index contributed by atoms with van der Waals surface area (Å²) in [6, 6.07) is 7.07. The van der Waals surface area contributed by atoms with Crippen molar-refractivity contribution in [2.75, 3.05) is 26.2 Å². The minimum absolute atomic E-state index is 0.00201. The number of likely N-dealkylation sites (N-methyl/N-ethyl adjacent to an activating group) is 1. The number of hydrogen-bond acceptors (Lipinski definition) is 4. The van der Waals surface area contributed by atoms with Crippen molar-refractivity contribution in [3.05, 3.63) is 64.7 Å². The van der Waals surface area contributed by atoms with Crippen LogP contribution in [0.4, 0.5) is 8.78 Å². The van der Waals surface area contributed by atoms with Crippen LogP contribution in [0.1, 0.15) is 18.5 Å². The summed E-state index contributed by atoms with van der Waals surface area (Å²) in [5.41, 5.74) is 0.201. The van der Waals surface area contributed by atoms with Crippen LogP contribution in [-0.4, -0.2) is 55.0 Å². The number of benzene rings is 2. The quantitative estimate of drug-likeness (QED) is 0.792. The second-order valence-corrected chi connectivity index (χ2v) is 8.98. The summed E-state index contributed by atoms with van der Waals surface area (Å²) in [6.45, 7) is 2.66. The molecule has 3 rings (SSSR count). The summed E-state index contributed by atoms with van der Waals surface area (Å²) >= 11 is 5.86. The Kier molecular flexibility index (Phi) is 6.36. The lowest BCUT2D eigenvalue weighted by atomic mass is 10.0. The second-order valence-electron chi connectivity index (χ2n) is 6.70. The first kappa shape index (κ1) is 21.1. The van der Waals surface area contributed by atoms with Crippen molar-refractivity contribution in [3.8, 4) is 0 Å². The van der Waals surface area contributed by atoms with Gasteiger partial charge in [-0.05, 0) is 48.5 Å². The summed E-state index contributed by atoms with van der Waals surface area (Å²) in [6.07, 6.45) is 0. The Morgan fingerprint density at radius 2 is 1.71 bits per heavy atom. The van der Waals surface area contributed by atoms with Gasteiger partial charge in [0.15, 0.2) is 0 Å². The Morgan fingerprint density at radius 1 is 1.11 bits per heavy atom. The Hall–Kier alpha value is -1.58. The van der Waals surface area contributed by atoms with E-state index in [1.165, 1.54) is 24.3 Å². The fourth-order valence-electron chi connectivity index (χ4n) is 3.54. The van der Waals surface area contributed by atoms with Crippen LogP contribution in [0.5, 0.6) is 0 Å². The lowest BCUT2D eigenvalue weighted by Gasteiger charge is -2.45. The number of nitrogens with zero attached hydrogens (tertiary/aromatic N) is 2. The Morgan fingerprint density at radius 3 is 2.25 bits per heavy atom. The molecule has 0 bridgehead atoms. The molecule has 0 unspecified atom stereocenters. The minimum atomic E-state index is -4.05. The monoisotopic (exact) mass is 430 g/mol. The van der Waals surface area contributed by atoms with Crippen LogP contribution in [-0.2, 0) is 10.0 Å². The minimum Gasteiger partial charge on any atom is -0.395 e. The van der Waals surface area contributed by atoms with E-state index in [9.17, 15) is 22.3 Å². The van der Waals surface area contributed by atoms with Crippen LogP contribution in [0.15, 0.2) is 47.4 Å². The van der Waals surface area contributed by atoms with Gasteiger partial charge in [-0.1, -0.05) is 18.5 Å². The van der Waals surface area contributed by atoms with Crippen LogP contribution in [0.3, 0.4) is 0 Å². The highest BCUT2D eigenvalue weighted by atomic mass is 35.5. The second kappa shape index (κ2) is 8.42. The fourth-order valence-corrected chi connectivity index (χ4v) is 5.44. The third kappa shape index (κ3) is 4.21. The first-order chi connectivity index (χ1) is 13.3. The molecule has 1 N–H and O–H groups in total. The summed E-state index contributed by atoms with van der Waals surface area (Å²) in [5.74, 6) is -1.57. The molecule has 9 heteroatoms. The van der Waals surface area contributed by atoms with Crippen molar-refractivity contribution in [2.45, 2.75) is 23.9 Å². The zero-order valence-corrected chi connectivity index (χ0v) is 16.8. The predicted molar refractivity (Wildman–Crippen MR) is 103 cm³/mol. The van der Waals surface area contributed by atoms with Crippen LogP contribution in [0.25, 0.3) is 0 Å². The van der Waals surface area contributed by atoms with Crippen LogP contribution in [0, 0.1) is 11.6 Å². The van der Waals surface area contributed by atoms with Gasteiger partial charge in [-0.2, -0.15) is 4.31 Å². The molecule has 0 amide bonds. The van der Waals surface area contributed by atoms with E-state index in [1.807, 2.05) is 11.8 Å². The molecular weight excluding hydrogens is 410 g/mol. The van der Waals surface area contributed by atoms with Crippen molar-refractivity contribution in [3.63, 3.8) is 0 Å². The lowest BCUT2D eigenvalue weighted by molar-refractivity contribution is 0.0552. The molecule has 0 spiro atoms. The Balaban J connectivity index is 2.13. The topological polar surface area (TPSA) is 60.9 Å². The predicted octanol–water partition coefficient (Wildman–Crippen LogP) is 3.05. The molecular formula is C19H21ClF2N2O3S. The molecule has 2 aromatic rings. The van der Waals surface area contributed by atoms with E-state index in [1.54, 1.807) is 0 Å². The fraction of sp³-hybridized carbons (Fsp3) is 0.368. The van der Waals surface area contributed by atoms with Gasteiger partial charge in [0, 0.05) is 24.2 Å². The van der Waals surface area contributed by atoms with E-state index in [-0.39, 0.29) is 17.0 Å². The van der Waals surface area contributed by atoms with Crippen molar-refractivity contribution in [2.24, 2.45) is 0 Å². The van der Waals surface area contributed by atoms with Gasteiger partial charge in [-0.25, -0.2) is 17.2 Å². The van der Waals surface area contributed by atoms with E-state index in [0.717, 1.165) is 22.5 Å². The molecule has 1 aliphatic heterocycles. The zero-order chi connectivity index (χ0) is 20.5. The lowest BCUT2D eigenvalue weighted by Crippen LogP contribution is -2.57. The van der Waals surface area contributed by atoms with Gasteiger partial charge in [0.25, 0.3) is 0 Å². The highest BCUT2D eigenvalue weighted by Gasteiger charge is 2.42. The van der Waals surface area contributed by atoms with E-state index < -0.39 is 40.3 Å². The summed E-state index contributed by atoms with van der Waals surface area (Å²) < 4.78 is 55.6. The number of rotatable bonds is 5. The van der Waals surface area contributed by atoms with Crippen LogP contribution in [0.2, 0.25) is 5.02 Å². The molecule has 1 saturated heterocycles. The van der Waals surface area contributed by atoms with Gasteiger partial charge < -0.3 is 5.11 Å². The molecule has 2 atom stereocenters. The SMILES string of the molecule is CCN1C[C@H](CO)N(S(=O)(=O)c2ccc(Cl)cc2)[C@H](c2cc(F)cc(F)c2)C1. The van der Waals surface area contributed by atoms with Gasteiger partial charge in [-0.3, -0.25) is 4.90 Å². The smallest absolute Gasteiger partial charge is 0.244 e. The van der Waals surface area contributed by atoms with Crippen LogP contribution >= 0.6 is 11.6 Å². The largest absolute Gasteiger partial charge is 0.395 e. The zero-order valence-electron chi connectivity index (χ0n) is 15.2. The highest BCUT2D eigenvalue weighted by Crippen LogP contribution is 2.35. The average molecular weight is 431 g/mol. The molecule has 0 aromatic heterocycles. The maximum Gasteiger partial charge on any atom is 0.244 e. The van der Waals surface area contributed by atoms with Gasteiger partial charge >= 0.3 is 0 Å². The maximum atomic E-state index is 13.8. The van der Waals surface area contributed by atoms with E-state index >= 15 is 0 Å². The van der Waals surface area contributed by atoms with Crippen molar-refractivity contribution < 1.29 is 22.3 Å². The molecule has 5 nitrogen and oxygen atoms in total. The van der Waals surface area contributed by atoms with Crippen LogP contribution < -0.4 is 0 Å². The standard InChI is InChI=1S/C19H21ClF2N2O3S/c1-2-23-10-17(12-25)24(28(26,27)18-5-3-14(20)4-6-18)19(11-23)13-7-15(21)9-16(22)8-13/h3-9,17,19,25H,2,10-12H2,1H3/t17-,19+/m1/s1. The number of sulfonamides is 1. The first-order valence-electron chi connectivity index (χ1n) is 8.84. The molecule has 28 heavy (non-hydrogen) atoms. The Bertz CT molecular complexity index is 920. The highest BCUT2D eigenvalue weighted by molar-refractivity contribution is 7.89. The third-order valence-electron chi connectivity index (χ3n) is 4.88.